The van der Waals surface area contributed by atoms with Gasteiger partial charge in [0.1, 0.15) is 17.9 Å². The van der Waals surface area contributed by atoms with Gasteiger partial charge in [-0.1, -0.05) is 81.6 Å². The summed E-state index contributed by atoms with van der Waals surface area (Å²) in [6.07, 6.45) is 1.48. The summed E-state index contributed by atoms with van der Waals surface area (Å²) in [6.45, 7) is 0.303. The number of nitrogens with zero attached hydrogens (tertiary/aromatic N) is 1. The van der Waals surface area contributed by atoms with Crippen LogP contribution in [0.5, 0.6) is 5.75 Å². The van der Waals surface area contributed by atoms with Crippen molar-refractivity contribution in [3.05, 3.63) is 110 Å². The molecular formula is C28H17BrCl2N2O3S. The van der Waals surface area contributed by atoms with Crippen molar-refractivity contribution in [2.45, 2.75) is 6.61 Å². The second-order valence-corrected chi connectivity index (χ2v) is 10.3. The zero-order valence-electron chi connectivity index (χ0n) is 19.0. The first-order valence-corrected chi connectivity index (χ1v) is 13.0. The summed E-state index contributed by atoms with van der Waals surface area (Å²) in [6, 6.07) is 24.4. The summed E-state index contributed by atoms with van der Waals surface area (Å²) < 4.78 is 6.88. The second kappa shape index (κ2) is 10.6. The van der Waals surface area contributed by atoms with Crippen LogP contribution in [0.4, 0.5) is 5.69 Å². The molecule has 5 rings (SSSR count). The molecule has 1 N–H and O–H groups in total. The number of thiocarbonyl (C=S) groups is 1. The highest BCUT2D eigenvalue weighted by atomic mass is 79.9. The predicted molar refractivity (Wildman–Crippen MR) is 155 cm³/mol. The van der Waals surface area contributed by atoms with Crippen LogP contribution in [-0.4, -0.2) is 16.9 Å². The monoisotopic (exact) mass is 610 g/mol. The number of halogens is 3. The number of carbonyl (C=O) groups excluding carboxylic acids is 2. The molecule has 2 amide bonds. The molecule has 0 aliphatic carbocycles. The molecule has 4 aromatic carbocycles. The fourth-order valence-corrected chi connectivity index (χ4v) is 4.98. The van der Waals surface area contributed by atoms with Crippen LogP contribution in [0.2, 0.25) is 10.0 Å². The number of rotatable bonds is 5. The van der Waals surface area contributed by atoms with Crippen molar-refractivity contribution in [1.82, 2.24) is 5.32 Å². The van der Waals surface area contributed by atoms with Crippen molar-refractivity contribution >= 4 is 90.8 Å². The van der Waals surface area contributed by atoms with E-state index in [1.807, 2.05) is 36.4 Å². The van der Waals surface area contributed by atoms with Crippen LogP contribution in [-0.2, 0) is 16.2 Å². The van der Waals surface area contributed by atoms with Crippen LogP contribution in [0, 0.1) is 0 Å². The molecule has 0 atom stereocenters. The molecule has 0 unspecified atom stereocenters. The molecule has 1 saturated heterocycles. The molecule has 1 aliphatic heterocycles. The molecule has 0 bridgehead atoms. The highest BCUT2D eigenvalue weighted by molar-refractivity contribution is 9.10. The number of carbonyl (C=O) groups is 2. The fraction of sp³-hybridized carbons (Fsp3) is 0.0357. The molecule has 0 spiro atoms. The van der Waals surface area contributed by atoms with Crippen LogP contribution < -0.4 is 15.0 Å². The van der Waals surface area contributed by atoms with Crippen LogP contribution in [0.1, 0.15) is 11.1 Å². The fourth-order valence-electron chi connectivity index (χ4n) is 3.95. The zero-order valence-corrected chi connectivity index (χ0v) is 22.9. The van der Waals surface area contributed by atoms with E-state index in [4.69, 9.17) is 40.2 Å². The van der Waals surface area contributed by atoms with E-state index >= 15 is 0 Å². The van der Waals surface area contributed by atoms with Crippen LogP contribution >= 0.6 is 51.3 Å². The Hall–Kier alpha value is -3.23. The number of anilines is 1. The molecule has 37 heavy (non-hydrogen) atoms. The molecule has 1 heterocycles. The molecule has 5 nitrogen and oxygen atoms in total. The lowest BCUT2D eigenvalue weighted by Crippen LogP contribution is -2.54. The summed E-state index contributed by atoms with van der Waals surface area (Å²) in [5, 5.41) is 5.14. The zero-order chi connectivity index (χ0) is 26.1. The molecule has 184 valence electrons. The van der Waals surface area contributed by atoms with E-state index in [1.54, 1.807) is 30.3 Å². The van der Waals surface area contributed by atoms with Gasteiger partial charge >= 0.3 is 0 Å². The van der Waals surface area contributed by atoms with E-state index < -0.39 is 11.8 Å². The third-order valence-corrected chi connectivity index (χ3v) is 7.34. The van der Waals surface area contributed by atoms with Gasteiger partial charge in [-0.3, -0.25) is 19.8 Å². The van der Waals surface area contributed by atoms with Crippen LogP contribution in [0.3, 0.4) is 0 Å². The Morgan fingerprint density at radius 1 is 0.946 bits per heavy atom. The molecular weight excluding hydrogens is 595 g/mol. The summed E-state index contributed by atoms with van der Waals surface area (Å²) in [4.78, 5) is 27.4. The maximum atomic E-state index is 13.5. The summed E-state index contributed by atoms with van der Waals surface area (Å²) >= 11 is 21.2. The molecule has 9 heteroatoms. The number of benzene rings is 4. The Labute approximate surface area is 236 Å². The maximum Gasteiger partial charge on any atom is 0.270 e. The van der Waals surface area contributed by atoms with Crippen molar-refractivity contribution in [2.24, 2.45) is 0 Å². The van der Waals surface area contributed by atoms with E-state index in [2.05, 4.69) is 33.4 Å². The first-order chi connectivity index (χ1) is 17.8. The Morgan fingerprint density at radius 3 is 2.54 bits per heavy atom. The van der Waals surface area contributed by atoms with E-state index in [1.165, 1.54) is 6.08 Å². The number of ether oxygens (including phenoxy) is 1. The predicted octanol–water partition coefficient (Wildman–Crippen LogP) is 7.32. The largest absolute Gasteiger partial charge is 0.488 e. The average Bonchev–Trinajstić information content (AvgIpc) is 2.88. The normalized spacial score (nSPS) is 14.8. The van der Waals surface area contributed by atoms with Gasteiger partial charge in [0, 0.05) is 10.0 Å². The van der Waals surface area contributed by atoms with Crippen molar-refractivity contribution in [2.75, 3.05) is 4.90 Å². The summed E-state index contributed by atoms with van der Waals surface area (Å²) in [7, 11) is 0. The molecule has 0 aromatic heterocycles. The average molecular weight is 612 g/mol. The Balaban J connectivity index is 1.47. The first-order valence-electron chi connectivity index (χ1n) is 11.1. The Morgan fingerprint density at radius 2 is 1.73 bits per heavy atom. The van der Waals surface area contributed by atoms with E-state index in [9.17, 15) is 9.59 Å². The lowest BCUT2D eigenvalue weighted by Gasteiger charge is -2.29. The SMILES string of the molecule is O=C1NC(=S)N(c2cccc(Cl)c2Cl)C(=O)/C1=C/c1cc(Br)ccc1OCc1ccc2ccccc2c1. The smallest absolute Gasteiger partial charge is 0.270 e. The van der Waals surface area contributed by atoms with E-state index in [-0.39, 0.29) is 26.4 Å². The van der Waals surface area contributed by atoms with E-state index in [0.717, 1.165) is 25.7 Å². The minimum atomic E-state index is -0.627. The summed E-state index contributed by atoms with van der Waals surface area (Å²) in [5.41, 5.74) is 1.67. The summed E-state index contributed by atoms with van der Waals surface area (Å²) in [5.74, 6) is -0.742. The number of hydrogen-bond acceptors (Lipinski definition) is 4. The third-order valence-electron chi connectivity index (χ3n) is 5.75. The molecule has 0 radical (unpaired) electrons. The standard InChI is InChI=1S/C28H17BrCl2N2O3S/c29-20-10-11-24(36-15-16-8-9-17-4-1-2-5-18(17)12-16)19(13-20)14-21-26(34)32-28(37)33(27(21)35)23-7-3-6-22(30)25(23)31/h1-14H,15H2,(H,32,34,37)/b21-14+. The Bertz CT molecular complexity index is 1620. The maximum absolute atomic E-state index is 13.5. The highest BCUT2D eigenvalue weighted by Gasteiger charge is 2.36. The topological polar surface area (TPSA) is 58.6 Å². The molecule has 4 aromatic rings. The van der Waals surface area contributed by atoms with Crippen molar-refractivity contribution in [1.29, 1.82) is 0 Å². The van der Waals surface area contributed by atoms with Gasteiger partial charge in [-0.2, -0.15) is 0 Å². The number of fused-ring (bicyclic) bond motifs is 1. The van der Waals surface area contributed by atoms with Crippen LogP contribution in [0.25, 0.3) is 16.8 Å². The van der Waals surface area contributed by atoms with Gasteiger partial charge in [-0.15, -0.1) is 0 Å². The van der Waals surface area contributed by atoms with Crippen molar-refractivity contribution < 1.29 is 14.3 Å². The third kappa shape index (κ3) is 5.26. The van der Waals surface area contributed by atoms with Crippen LogP contribution in [0.15, 0.2) is 88.9 Å². The van der Waals surface area contributed by atoms with Crippen molar-refractivity contribution in [3.8, 4) is 5.75 Å². The van der Waals surface area contributed by atoms with Gasteiger partial charge in [-0.05, 0) is 71.0 Å². The number of amides is 2. The van der Waals surface area contributed by atoms with Gasteiger partial charge in [0.25, 0.3) is 11.8 Å². The first kappa shape index (κ1) is 25.4. The van der Waals surface area contributed by atoms with Crippen molar-refractivity contribution in [3.63, 3.8) is 0 Å². The lowest BCUT2D eigenvalue weighted by molar-refractivity contribution is -0.122. The number of hydrogen-bond donors (Lipinski definition) is 1. The molecule has 0 saturated carbocycles. The Kier molecular flexibility index (Phi) is 7.31. The van der Waals surface area contributed by atoms with Gasteiger partial charge in [0.2, 0.25) is 0 Å². The lowest BCUT2D eigenvalue weighted by atomic mass is 10.1. The van der Waals surface area contributed by atoms with Gasteiger partial charge < -0.3 is 4.74 Å². The number of nitrogens with one attached hydrogen (secondary N) is 1. The minimum absolute atomic E-state index is 0.0849. The minimum Gasteiger partial charge on any atom is -0.488 e. The van der Waals surface area contributed by atoms with Gasteiger partial charge in [0.05, 0.1) is 15.7 Å². The van der Waals surface area contributed by atoms with Gasteiger partial charge in [-0.25, -0.2) is 0 Å². The molecule has 1 aliphatic rings. The van der Waals surface area contributed by atoms with Gasteiger partial charge in [0.15, 0.2) is 5.11 Å². The highest BCUT2D eigenvalue weighted by Crippen LogP contribution is 2.35. The second-order valence-electron chi connectivity index (χ2n) is 8.18. The van der Waals surface area contributed by atoms with E-state index in [0.29, 0.717) is 17.9 Å². The molecule has 1 fully saturated rings. The quantitative estimate of drug-likeness (QED) is 0.146.